The van der Waals surface area contributed by atoms with E-state index in [0.717, 1.165) is 11.3 Å². The van der Waals surface area contributed by atoms with Crippen molar-refractivity contribution >= 4 is 5.82 Å². The second-order valence-corrected chi connectivity index (χ2v) is 3.92. The number of hydrogen-bond acceptors (Lipinski definition) is 5. The van der Waals surface area contributed by atoms with Crippen LogP contribution in [0.3, 0.4) is 0 Å². The number of aromatic nitrogens is 1. The first-order valence-electron chi connectivity index (χ1n) is 5.38. The molecule has 2 N–H and O–H groups in total. The Labute approximate surface area is 98.1 Å². The van der Waals surface area contributed by atoms with E-state index >= 15 is 0 Å². The van der Waals surface area contributed by atoms with Crippen LogP contribution < -0.4 is 10.5 Å². The number of benzene rings is 1. The number of nitrogen functional groups attached to an aromatic ring is 1. The largest absolute Gasteiger partial charge is 0.486 e. The van der Waals surface area contributed by atoms with E-state index in [1.54, 1.807) is 6.07 Å². The Morgan fingerprint density at radius 3 is 2.53 bits per heavy atom. The zero-order chi connectivity index (χ0) is 11.7. The molecule has 1 aromatic carbocycles. The Bertz CT molecular complexity index is 503. The highest BCUT2D eigenvalue weighted by molar-refractivity contribution is 5.60. The van der Waals surface area contributed by atoms with Gasteiger partial charge in [0, 0.05) is 11.6 Å². The van der Waals surface area contributed by atoms with Crippen LogP contribution in [-0.2, 0) is 4.74 Å². The summed E-state index contributed by atoms with van der Waals surface area (Å²) >= 11 is 0. The molecule has 5 heteroatoms. The lowest BCUT2D eigenvalue weighted by molar-refractivity contribution is -0.0796. The third kappa shape index (κ3) is 2.09. The molecule has 88 valence electrons. The van der Waals surface area contributed by atoms with Gasteiger partial charge in [-0.3, -0.25) is 0 Å². The van der Waals surface area contributed by atoms with Gasteiger partial charge in [-0.1, -0.05) is 5.16 Å². The quantitative estimate of drug-likeness (QED) is 0.872. The van der Waals surface area contributed by atoms with Crippen molar-refractivity contribution in [3.63, 3.8) is 0 Å². The van der Waals surface area contributed by atoms with E-state index in [2.05, 4.69) is 5.16 Å². The monoisotopic (exact) mass is 232 g/mol. The molecule has 2 aromatic rings. The van der Waals surface area contributed by atoms with Crippen LogP contribution in [0.5, 0.6) is 5.75 Å². The molecule has 0 aliphatic carbocycles. The molecule has 0 radical (unpaired) electrons. The van der Waals surface area contributed by atoms with Crippen molar-refractivity contribution < 1.29 is 14.0 Å². The van der Waals surface area contributed by atoms with Crippen LogP contribution in [0, 0.1) is 0 Å². The van der Waals surface area contributed by atoms with Gasteiger partial charge in [0.25, 0.3) is 0 Å². The average molecular weight is 232 g/mol. The molecule has 1 aliphatic heterocycles. The molecule has 1 aromatic heterocycles. The number of ether oxygens (including phenoxy) is 2. The van der Waals surface area contributed by atoms with Crippen molar-refractivity contribution in [2.24, 2.45) is 0 Å². The molecule has 0 spiro atoms. The van der Waals surface area contributed by atoms with Crippen molar-refractivity contribution in [3.05, 3.63) is 30.3 Å². The molecular formula is C12H12N2O3. The van der Waals surface area contributed by atoms with Crippen molar-refractivity contribution in [2.75, 3.05) is 18.9 Å². The summed E-state index contributed by atoms with van der Waals surface area (Å²) in [6.45, 7) is 1.33. The lowest BCUT2D eigenvalue weighted by Crippen LogP contribution is -2.38. The van der Waals surface area contributed by atoms with Gasteiger partial charge < -0.3 is 19.7 Å². The fourth-order valence-electron chi connectivity index (χ4n) is 1.60. The van der Waals surface area contributed by atoms with Crippen LogP contribution in [0.25, 0.3) is 11.3 Å². The van der Waals surface area contributed by atoms with E-state index < -0.39 is 0 Å². The number of nitrogens with two attached hydrogens (primary N) is 1. The van der Waals surface area contributed by atoms with Crippen LogP contribution in [-0.4, -0.2) is 24.5 Å². The van der Waals surface area contributed by atoms with Gasteiger partial charge in [0.15, 0.2) is 11.6 Å². The van der Waals surface area contributed by atoms with E-state index in [1.165, 1.54) is 0 Å². The highest BCUT2D eigenvalue weighted by Crippen LogP contribution is 2.24. The molecule has 1 aliphatic rings. The highest BCUT2D eigenvalue weighted by Gasteiger charge is 2.19. The van der Waals surface area contributed by atoms with Gasteiger partial charge in [0.2, 0.25) is 0 Å². The van der Waals surface area contributed by atoms with Gasteiger partial charge in [-0.25, -0.2) is 0 Å². The third-order valence-corrected chi connectivity index (χ3v) is 2.58. The van der Waals surface area contributed by atoms with Gasteiger partial charge in [0.1, 0.15) is 11.9 Å². The standard InChI is InChI=1S/C12H12N2O3/c13-12-5-11(17-14-12)8-1-3-9(4-2-8)16-10-6-15-7-10/h1-5,10H,6-7H2,(H2,13,14). The third-order valence-electron chi connectivity index (χ3n) is 2.58. The predicted molar refractivity (Wildman–Crippen MR) is 61.6 cm³/mol. The fourth-order valence-corrected chi connectivity index (χ4v) is 1.60. The summed E-state index contributed by atoms with van der Waals surface area (Å²) in [5, 5.41) is 3.64. The van der Waals surface area contributed by atoms with Crippen LogP contribution in [0.2, 0.25) is 0 Å². The van der Waals surface area contributed by atoms with E-state index in [4.69, 9.17) is 19.7 Å². The molecule has 1 saturated heterocycles. The molecule has 3 rings (SSSR count). The minimum Gasteiger partial charge on any atom is -0.486 e. The van der Waals surface area contributed by atoms with E-state index in [-0.39, 0.29) is 6.10 Å². The second kappa shape index (κ2) is 4.10. The Morgan fingerprint density at radius 1 is 1.24 bits per heavy atom. The van der Waals surface area contributed by atoms with Gasteiger partial charge in [-0.2, -0.15) is 0 Å². The van der Waals surface area contributed by atoms with Gasteiger partial charge in [-0.15, -0.1) is 0 Å². The zero-order valence-electron chi connectivity index (χ0n) is 9.13. The summed E-state index contributed by atoms with van der Waals surface area (Å²) in [7, 11) is 0. The van der Waals surface area contributed by atoms with Crippen LogP contribution in [0.1, 0.15) is 0 Å². The minimum atomic E-state index is 0.182. The summed E-state index contributed by atoms with van der Waals surface area (Å²) in [6, 6.07) is 9.30. The SMILES string of the molecule is Nc1cc(-c2ccc(OC3COC3)cc2)on1. The Hall–Kier alpha value is -2.01. The highest BCUT2D eigenvalue weighted by atomic mass is 16.6. The van der Waals surface area contributed by atoms with E-state index in [1.807, 2.05) is 24.3 Å². The molecule has 1 fully saturated rings. The maximum absolute atomic E-state index is 5.65. The lowest BCUT2D eigenvalue weighted by Gasteiger charge is -2.26. The van der Waals surface area contributed by atoms with E-state index in [0.29, 0.717) is 24.8 Å². The Kier molecular flexibility index (Phi) is 2.45. The molecule has 2 heterocycles. The molecule has 17 heavy (non-hydrogen) atoms. The zero-order valence-corrected chi connectivity index (χ0v) is 9.13. The van der Waals surface area contributed by atoms with Crippen molar-refractivity contribution in [1.29, 1.82) is 0 Å². The van der Waals surface area contributed by atoms with Gasteiger partial charge in [0.05, 0.1) is 13.2 Å². The number of rotatable bonds is 3. The molecule has 0 bridgehead atoms. The van der Waals surface area contributed by atoms with Crippen molar-refractivity contribution in [3.8, 4) is 17.1 Å². The lowest BCUT2D eigenvalue weighted by atomic mass is 10.1. The van der Waals surface area contributed by atoms with Crippen LogP contribution >= 0.6 is 0 Å². The average Bonchev–Trinajstić information content (AvgIpc) is 2.71. The first kappa shape index (κ1) is 10.2. The molecule has 0 atom stereocenters. The second-order valence-electron chi connectivity index (χ2n) is 3.92. The number of nitrogens with zero attached hydrogens (tertiary/aromatic N) is 1. The maximum Gasteiger partial charge on any atom is 0.169 e. The summed E-state index contributed by atoms with van der Waals surface area (Å²) in [5.74, 6) is 1.86. The molecular weight excluding hydrogens is 220 g/mol. The molecule has 0 amide bonds. The van der Waals surface area contributed by atoms with Crippen molar-refractivity contribution in [1.82, 2.24) is 5.16 Å². The first-order chi connectivity index (χ1) is 8.31. The van der Waals surface area contributed by atoms with Gasteiger partial charge in [-0.05, 0) is 24.3 Å². The van der Waals surface area contributed by atoms with Crippen LogP contribution in [0.4, 0.5) is 5.82 Å². The fraction of sp³-hybridized carbons (Fsp3) is 0.250. The normalized spacial score (nSPS) is 15.5. The van der Waals surface area contributed by atoms with E-state index in [9.17, 15) is 0 Å². The Balaban J connectivity index is 1.75. The number of anilines is 1. The summed E-state index contributed by atoms with van der Waals surface area (Å²) in [6.07, 6.45) is 0.182. The minimum absolute atomic E-state index is 0.182. The molecule has 0 unspecified atom stereocenters. The first-order valence-corrected chi connectivity index (χ1v) is 5.38. The Morgan fingerprint density at radius 2 is 2.00 bits per heavy atom. The van der Waals surface area contributed by atoms with Gasteiger partial charge >= 0.3 is 0 Å². The maximum atomic E-state index is 5.65. The topological polar surface area (TPSA) is 70.5 Å². The molecule has 5 nitrogen and oxygen atoms in total. The summed E-state index contributed by atoms with van der Waals surface area (Å²) < 4.78 is 15.8. The summed E-state index contributed by atoms with van der Waals surface area (Å²) in [5.41, 5.74) is 6.42. The molecule has 0 saturated carbocycles. The van der Waals surface area contributed by atoms with Crippen LogP contribution in [0.15, 0.2) is 34.9 Å². The summed E-state index contributed by atoms with van der Waals surface area (Å²) in [4.78, 5) is 0. The van der Waals surface area contributed by atoms with Crippen molar-refractivity contribution in [2.45, 2.75) is 6.10 Å². The smallest absolute Gasteiger partial charge is 0.169 e. The predicted octanol–water partition coefficient (Wildman–Crippen LogP) is 1.70. The number of hydrogen-bond donors (Lipinski definition) is 1.